The molecule has 3 rings (SSSR count). The second-order valence-electron chi connectivity index (χ2n) is 5.00. The number of rotatable bonds is 1. The molecular formula is C14H17NO. The summed E-state index contributed by atoms with van der Waals surface area (Å²) in [4.78, 5) is 4.55. The fourth-order valence-electron chi connectivity index (χ4n) is 2.42. The molecule has 1 aliphatic carbocycles. The molecule has 0 saturated heterocycles. The van der Waals surface area contributed by atoms with E-state index in [1.54, 1.807) is 0 Å². The van der Waals surface area contributed by atoms with E-state index in [2.05, 4.69) is 31.0 Å². The summed E-state index contributed by atoms with van der Waals surface area (Å²) in [5.41, 5.74) is 4.93. The van der Waals surface area contributed by atoms with Gasteiger partial charge in [0.2, 0.25) is 0 Å². The van der Waals surface area contributed by atoms with Crippen molar-refractivity contribution in [3.8, 4) is 0 Å². The quantitative estimate of drug-likeness (QED) is 0.722. The number of aromatic nitrogens is 1. The first-order valence-electron chi connectivity index (χ1n) is 6.16. The highest BCUT2D eigenvalue weighted by atomic mass is 16.3. The van der Waals surface area contributed by atoms with E-state index in [1.165, 1.54) is 36.8 Å². The standard InChI is InChI=1S/C14H17NO/c1-9(2)14-15-12-7-10-5-3-4-6-11(10)8-13(12)16-14/h7-9H,3-6H2,1-2H3. The Balaban J connectivity index is 2.16. The van der Waals surface area contributed by atoms with Crippen LogP contribution >= 0.6 is 0 Å². The zero-order valence-electron chi connectivity index (χ0n) is 9.92. The highest BCUT2D eigenvalue weighted by Crippen LogP contribution is 2.28. The zero-order valence-corrected chi connectivity index (χ0v) is 9.92. The van der Waals surface area contributed by atoms with Gasteiger partial charge in [0, 0.05) is 5.92 Å². The second-order valence-corrected chi connectivity index (χ2v) is 5.00. The van der Waals surface area contributed by atoms with Gasteiger partial charge in [0.25, 0.3) is 0 Å². The lowest BCUT2D eigenvalue weighted by molar-refractivity contribution is 0.501. The monoisotopic (exact) mass is 215 g/mol. The lowest BCUT2D eigenvalue weighted by Crippen LogP contribution is -2.01. The number of nitrogens with zero attached hydrogens (tertiary/aromatic N) is 1. The van der Waals surface area contributed by atoms with Crippen LogP contribution in [-0.2, 0) is 12.8 Å². The molecule has 2 aromatic rings. The molecule has 2 nitrogen and oxygen atoms in total. The molecule has 0 radical (unpaired) electrons. The van der Waals surface area contributed by atoms with Crippen molar-refractivity contribution in [2.24, 2.45) is 0 Å². The second kappa shape index (κ2) is 3.62. The lowest BCUT2D eigenvalue weighted by atomic mass is 9.91. The van der Waals surface area contributed by atoms with Crippen molar-refractivity contribution in [3.05, 3.63) is 29.2 Å². The largest absolute Gasteiger partial charge is 0.440 e. The average Bonchev–Trinajstić information content (AvgIpc) is 2.68. The molecule has 2 heteroatoms. The van der Waals surface area contributed by atoms with Crippen LogP contribution in [0.5, 0.6) is 0 Å². The Morgan fingerprint density at radius 2 is 1.81 bits per heavy atom. The van der Waals surface area contributed by atoms with Crippen LogP contribution in [0.15, 0.2) is 16.5 Å². The fraction of sp³-hybridized carbons (Fsp3) is 0.500. The number of aryl methyl sites for hydroxylation is 2. The molecular weight excluding hydrogens is 198 g/mol. The van der Waals surface area contributed by atoms with Crippen LogP contribution < -0.4 is 0 Å². The van der Waals surface area contributed by atoms with Gasteiger partial charge in [-0.2, -0.15) is 0 Å². The maximum absolute atomic E-state index is 5.78. The highest BCUT2D eigenvalue weighted by molar-refractivity contribution is 5.75. The van der Waals surface area contributed by atoms with Crippen LogP contribution in [-0.4, -0.2) is 4.98 Å². The molecule has 0 saturated carbocycles. The number of hydrogen-bond donors (Lipinski definition) is 0. The SMILES string of the molecule is CC(C)c1nc2cc3c(cc2o1)CCCC3. The van der Waals surface area contributed by atoms with Gasteiger partial charge in [0.1, 0.15) is 5.52 Å². The van der Waals surface area contributed by atoms with Gasteiger partial charge < -0.3 is 4.42 Å². The Morgan fingerprint density at radius 1 is 1.12 bits per heavy atom. The molecule has 1 aromatic heterocycles. The summed E-state index contributed by atoms with van der Waals surface area (Å²) in [5, 5.41) is 0. The number of fused-ring (bicyclic) bond motifs is 2. The van der Waals surface area contributed by atoms with Crippen molar-refractivity contribution >= 4 is 11.1 Å². The Morgan fingerprint density at radius 3 is 2.50 bits per heavy atom. The van der Waals surface area contributed by atoms with E-state index >= 15 is 0 Å². The molecule has 0 amide bonds. The number of benzene rings is 1. The van der Waals surface area contributed by atoms with Crippen LogP contribution in [0.25, 0.3) is 11.1 Å². The van der Waals surface area contributed by atoms with E-state index in [0.29, 0.717) is 5.92 Å². The molecule has 1 aromatic carbocycles. The van der Waals surface area contributed by atoms with Gasteiger partial charge in [-0.05, 0) is 48.9 Å². The number of hydrogen-bond acceptors (Lipinski definition) is 2. The van der Waals surface area contributed by atoms with Gasteiger partial charge in [-0.15, -0.1) is 0 Å². The normalized spacial score (nSPS) is 15.7. The van der Waals surface area contributed by atoms with Crippen LogP contribution in [0.3, 0.4) is 0 Å². The van der Waals surface area contributed by atoms with E-state index in [0.717, 1.165) is 17.0 Å². The van der Waals surface area contributed by atoms with E-state index in [9.17, 15) is 0 Å². The van der Waals surface area contributed by atoms with Crippen molar-refractivity contribution in [1.82, 2.24) is 4.98 Å². The van der Waals surface area contributed by atoms with Gasteiger partial charge in [-0.25, -0.2) is 4.98 Å². The molecule has 0 bridgehead atoms. The smallest absolute Gasteiger partial charge is 0.198 e. The topological polar surface area (TPSA) is 26.0 Å². The van der Waals surface area contributed by atoms with Crippen LogP contribution in [0.1, 0.15) is 49.6 Å². The Hall–Kier alpha value is -1.31. The summed E-state index contributed by atoms with van der Waals surface area (Å²) >= 11 is 0. The van der Waals surface area contributed by atoms with Crippen molar-refractivity contribution in [3.63, 3.8) is 0 Å². The first-order valence-corrected chi connectivity index (χ1v) is 6.16. The number of oxazole rings is 1. The van der Waals surface area contributed by atoms with Crippen LogP contribution in [0.2, 0.25) is 0 Å². The van der Waals surface area contributed by atoms with Gasteiger partial charge in [0.05, 0.1) is 0 Å². The third kappa shape index (κ3) is 1.53. The van der Waals surface area contributed by atoms with Gasteiger partial charge in [-0.3, -0.25) is 0 Å². The minimum atomic E-state index is 0.365. The van der Waals surface area contributed by atoms with Crippen molar-refractivity contribution in [2.75, 3.05) is 0 Å². The summed E-state index contributed by atoms with van der Waals surface area (Å²) < 4.78 is 5.78. The van der Waals surface area contributed by atoms with E-state index in [-0.39, 0.29) is 0 Å². The van der Waals surface area contributed by atoms with Crippen LogP contribution in [0.4, 0.5) is 0 Å². The highest BCUT2D eigenvalue weighted by Gasteiger charge is 2.14. The average molecular weight is 215 g/mol. The van der Waals surface area contributed by atoms with Crippen molar-refractivity contribution < 1.29 is 4.42 Å². The summed E-state index contributed by atoms with van der Waals surface area (Å²) in [6, 6.07) is 4.42. The lowest BCUT2D eigenvalue weighted by Gasteiger charge is -2.14. The summed E-state index contributed by atoms with van der Waals surface area (Å²) in [7, 11) is 0. The van der Waals surface area contributed by atoms with E-state index in [1.807, 2.05) is 0 Å². The molecule has 84 valence electrons. The molecule has 0 unspecified atom stereocenters. The molecule has 0 atom stereocenters. The molecule has 0 fully saturated rings. The molecule has 16 heavy (non-hydrogen) atoms. The summed E-state index contributed by atoms with van der Waals surface area (Å²) in [6.45, 7) is 4.23. The van der Waals surface area contributed by atoms with Gasteiger partial charge in [-0.1, -0.05) is 13.8 Å². The minimum absolute atomic E-state index is 0.365. The zero-order chi connectivity index (χ0) is 11.1. The predicted octanol–water partition coefficient (Wildman–Crippen LogP) is 3.83. The minimum Gasteiger partial charge on any atom is -0.440 e. The Bertz CT molecular complexity index is 482. The Kier molecular flexibility index (Phi) is 2.23. The van der Waals surface area contributed by atoms with Crippen molar-refractivity contribution in [1.29, 1.82) is 0 Å². The predicted molar refractivity (Wildman–Crippen MR) is 64.7 cm³/mol. The van der Waals surface area contributed by atoms with Crippen LogP contribution in [0, 0.1) is 0 Å². The first-order chi connectivity index (χ1) is 7.74. The third-order valence-corrected chi connectivity index (χ3v) is 3.36. The van der Waals surface area contributed by atoms with Gasteiger partial charge >= 0.3 is 0 Å². The maximum atomic E-state index is 5.78. The summed E-state index contributed by atoms with van der Waals surface area (Å²) in [6.07, 6.45) is 5.02. The maximum Gasteiger partial charge on any atom is 0.198 e. The third-order valence-electron chi connectivity index (χ3n) is 3.36. The molecule has 0 aliphatic heterocycles. The van der Waals surface area contributed by atoms with Crippen molar-refractivity contribution in [2.45, 2.75) is 45.4 Å². The Labute approximate surface area is 95.7 Å². The fourth-order valence-corrected chi connectivity index (χ4v) is 2.42. The summed E-state index contributed by atoms with van der Waals surface area (Å²) in [5.74, 6) is 1.22. The molecule has 0 N–H and O–H groups in total. The molecule has 0 spiro atoms. The first kappa shape index (κ1) is 9.88. The van der Waals surface area contributed by atoms with Gasteiger partial charge in [0.15, 0.2) is 11.5 Å². The van der Waals surface area contributed by atoms with E-state index in [4.69, 9.17) is 4.42 Å². The van der Waals surface area contributed by atoms with E-state index < -0.39 is 0 Å². The molecule has 1 aliphatic rings. The molecule has 1 heterocycles.